The number of ether oxygens (including phenoxy) is 3. The van der Waals surface area contributed by atoms with E-state index in [1.54, 1.807) is 6.92 Å². The van der Waals surface area contributed by atoms with Crippen LogP contribution in [0.3, 0.4) is 0 Å². The lowest BCUT2D eigenvalue weighted by atomic mass is 10.1. The third-order valence-corrected chi connectivity index (χ3v) is 7.61. The van der Waals surface area contributed by atoms with Gasteiger partial charge < -0.3 is 34.7 Å². The van der Waals surface area contributed by atoms with Crippen molar-refractivity contribution in [1.29, 1.82) is 0 Å². The molecule has 1 aliphatic rings. The largest absolute Gasteiger partial charge is 0.497 e. The maximum absolute atomic E-state index is 14.2. The fourth-order valence-electron chi connectivity index (χ4n) is 4.07. The number of nitrogens with zero attached hydrogens (tertiary/aromatic N) is 5. The first-order chi connectivity index (χ1) is 19.9. The van der Waals surface area contributed by atoms with Crippen molar-refractivity contribution in [3.8, 4) is 11.5 Å². The number of anilines is 1. The molecule has 18 heteroatoms. The molecular formula is C24H34N7O10P. The number of carbonyl (C=O) groups is 1. The number of hydrogen-bond acceptors (Lipinski definition) is 13. The molecule has 2 heterocycles. The van der Waals surface area contributed by atoms with Gasteiger partial charge in [-0.25, -0.2) is 9.36 Å². The van der Waals surface area contributed by atoms with Crippen LogP contribution in [-0.4, -0.2) is 70.0 Å². The summed E-state index contributed by atoms with van der Waals surface area (Å²) in [5.74, 6) is -0.358. The van der Waals surface area contributed by atoms with Crippen LogP contribution in [0.5, 0.6) is 11.5 Å². The first-order valence-corrected chi connectivity index (χ1v) is 14.4. The third-order valence-electron chi connectivity index (χ3n) is 6.06. The zero-order valence-electron chi connectivity index (χ0n) is 23.4. The molecule has 1 aromatic heterocycles. The lowest BCUT2D eigenvalue weighted by Gasteiger charge is -2.30. The summed E-state index contributed by atoms with van der Waals surface area (Å²) in [6.07, 6.45) is -4.07. The Morgan fingerprint density at radius 2 is 1.98 bits per heavy atom. The van der Waals surface area contributed by atoms with Crippen LogP contribution in [0.25, 0.3) is 10.4 Å². The summed E-state index contributed by atoms with van der Waals surface area (Å²) in [4.78, 5) is 31.3. The van der Waals surface area contributed by atoms with E-state index in [9.17, 15) is 29.9 Å². The van der Waals surface area contributed by atoms with Crippen LogP contribution in [0.1, 0.15) is 33.4 Å². The number of nitrogens with two attached hydrogens (primary N) is 1. The summed E-state index contributed by atoms with van der Waals surface area (Å²) in [5, 5.41) is 27.7. The topological polar surface area (TPSA) is 242 Å². The number of azide groups is 1. The van der Waals surface area contributed by atoms with Crippen LogP contribution in [0, 0.1) is 5.92 Å². The highest BCUT2D eigenvalue weighted by Gasteiger charge is 2.56. The maximum atomic E-state index is 14.2. The van der Waals surface area contributed by atoms with Crippen LogP contribution in [0.15, 0.2) is 46.4 Å². The summed E-state index contributed by atoms with van der Waals surface area (Å²) < 4.78 is 42.2. The molecule has 0 bridgehead atoms. The number of nitrogen functional groups attached to an aromatic ring is 1. The lowest BCUT2D eigenvalue weighted by molar-refractivity contribution is -0.145. The second-order valence-corrected chi connectivity index (χ2v) is 11.3. The molecule has 0 amide bonds. The summed E-state index contributed by atoms with van der Waals surface area (Å²) in [7, 11) is -3.11. The maximum Gasteiger partial charge on any atom is 0.459 e. The van der Waals surface area contributed by atoms with Crippen molar-refractivity contribution < 1.29 is 42.8 Å². The summed E-state index contributed by atoms with van der Waals surface area (Å²) in [6.45, 7) is 4.37. The molecule has 0 saturated carbocycles. The molecule has 0 radical (unpaired) electrons. The van der Waals surface area contributed by atoms with Crippen molar-refractivity contribution in [2.45, 2.75) is 57.4 Å². The molecule has 2 aromatic rings. The van der Waals surface area contributed by atoms with Gasteiger partial charge in [-0.2, -0.15) is 10.1 Å². The zero-order chi connectivity index (χ0) is 31.1. The van der Waals surface area contributed by atoms with E-state index < -0.39 is 56.2 Å². The number of benzene rings is 1. The van der Waals surface area contributed by atoms with Gasteiger partial charge in [-0.15, -0.1) is 0 Å². The molecule has 6 atom stereocenters. The fourth-order valence-corrected chi connectivity index (χ4v) is 5.60. The standard InChI is InChI=1S/C24H34N7O10P/c1-5-38-22(34)17(12-14(2)3)28-42(36,41-16-8-6-15(37-4)7-9-16)39-13-24(29-30-26)20(33)19(32)21(40-24)31-11-10-18(25)27-23(31)35/h6-11,14,17,19-21,32-33H,5,12-13H2,1-4H3,(H,28,36)(H2,25,27,35)/t17-,19+,20-,21+,24?,42?/m0/s1. The molecule has 2 unspecified atom stereocenters. The van der Waals surface area contributed by atoms with Crippen LogP contribution in [0.2, 0.25) is 0 Å². The Kier molecular flexibility index (Phi) is 10.9. The minimum absolute atomic E-state index is 0.0434. The summed E-state index contributed by atoms with van der Waals surface area (Å²) in [5.41, 5.74) is 11.5. The van der Waals surface area contributed by atoms with Crippen molar-refractivity contribution in [1.82, 2.24) is 14.6 Å². The fraction of sp³-hybridized carbons (Fsp3) is 0.542. The average molecular weight is 612 g/mol. The van der Waals surface area contributed by atoms with Gasteiger partial charge >= 0.3 is 19.4 Å². The molecule has 42 heavy (non-hydrogen) atoms. The van der Waals surface area contributed by atoms with Gasteiger partial charge in [-0.05, 0) is 55.1 Å². The van der Waals surface area contributed by atoms with Gasteiger partial charge in [-0.1, -0.05) is 19.0 Å². The molecule has 1 fully saturated rings. The predicted molar refractivity (Wildman–Crippen MR) is 147 cm³/mol. The van der Waals surface area contributed by atoms with E-state index in [1.165, 1.54) is 37.4 Å². The Bertz CT molecular complexity index is 1380. The molecule has 3 rings (SSSR count). The highest BCUT2D eigenvalue weighted by molar-refractivity contribution is 7.52. The van der Waals surface area contributed by atoms with Crippen LogP contribution in [0.4, 0.5) is 5.82 Å². The van der Waals surface area contributed by atoms with Crippen LogP contribution in [-0.2, 0) is 23.4 Å². The van der Waals surface area contributed by atoms with E-state index in [-0.39, 0.29) is 30.5 Å². The van der Waals surface area contributed by atoms with E-state index in [4.69, 9.17) is 29.0 Å². The molecule has 1 aromatic carbocycles. The van der Waals surface area contributed by atoms with Crippen LogP contribution >= 0.6 is 7.75 Å². The second kappa shape index (κ2) is 14.0. The number of hydrogen-bond donors (Lipinski definition) is 4. The molecule has 1 aliphatic heterocycles. The Hall–Kier alpha value is -3.69. The smallest absolute Gasteiger partial charge is 0.459 e. The number of aliphatic hydroxyl groups is 2. The molecular weight excluding hydrogens is 577 g/mol. The van der Waals surface area contributed by atoms with Crippen molar-refractivity contribution in [3.63, 3.8) is 0 Å². The second-order valence-electron chi connectivity index (χ2n) is 9.62. The van der Waals surface area contributed by atoms with Gasteiger partial charge in [0.05, 0.1) is 20.3 Å². The number of methoxy groups -OCH3 is 1. The van der Waals surface area contributed by atoms with Gasteiger partial charge in [0.2, 0.25) is 5.72 Å². The highest BCUT2D eigenvalue weighted by atomic mass is 31.2. The normalized spacial score (nSPS) is 23.9. The van der Waals surface area contributed by atoms with E-state index in [0.717, 1.165) is 10.8 Å². The number of rotatable bonds is 14. The van der Waals surface area contributed by atoms with Gasteiger partial charge in [0.25, 0.3) is 0 Å². The van der Waals surface area contributed by atoms with E-state index >= 15 is 0 Å². The first kappa shape index (κ1) is 32.8. The molecule has 0 spiro atoms. The van der Waals surface area contributed by atoms with Gasteiger partial charge in [0, 0.05) is 11.1 Å². The summed E-state index contributed by atoms with van der Waals surface area (Å²) in [6, 6.07) is 6.02. The van der Waals surface area contributed by atoms with Crippen molar-refractivity contribution in [2.75, 3.05) is 26.1 Å². The Labute approximate surface area is 240 Å². The van der Waals surface area contributed by atoms with Crippen molar-refractivity contribution in [3.05, 3.63) is 57.5 Å². The number of aliphatic hydroxyl groups excluding tert-OH is 2. The van der Waals surface area contributed by atoms with E-state index in [2.05, 4.69) is 20.1 Å². The number of esters is 1. The van der Waals surface area contributed by atoms with Gasteiger partial charge in [0.15, 0.2) is 6.23 Å². The number of nitrogens with one attached hydrogen (secondary N) is 1. The Morgan fingerprint density at radius 3 is 2.55 bits per heavy atom. The monoisotopic (exact) mass is 611 g/mol. The van der Waals surface area contributed by atoms with E-state index in [0.29, 0.717) is 5.75 Å². The molecule has 5 N–H and O–H groups in total. The molecule has 17 nitrogen and oxygen atoms in total. The number of aromatic nitrogens is 2. The lowest BCUT2D eigenvalue weighted by Crippen LogP contribution is -2.46. The minimum Gasteiger partial charge on any atom is -0.497 e. The quantitative estimate of drug-likeness (QED) is 0.0784. The van der Waals surface area contributed by atoms with Crippen molar-refractivity contribution in [2.24, 2.45) is 11.0 Å². The minimum atomic E-state index is -4.57. The average Bonchev–Trinajstić information content (AvgIpc) is 3.17. The van der Waals surface area contributed by atoms with E-state index in [1.807, 2.05) is 13.8 Å². The van der Waals surface area contributed by atoms with Gasteiger partial charge in [0.1, 0.15) is 35.6 Å². The molecule has 0 aliphatic carbocycles. The predicted octanol–water partition coefficient (Wildman–Crippen LogP) is 1.86. The molecule has 1 saturated heterocycles. The highest BCUT2D eigenvalue weighted by Crippen LogP contribution is 2.48. The Balaban J connectivity index is 1.97. The third kappa shape index (κ3) is 7.77. The summed E-state index contributed by atoms with van der Waals surface area (Å²) >= 11 is 0. The molecule has 230 valence electrons. The first-order valence-electron chi connectivity index (χ1n) is 12.8. The van der Waals surface area contributed by atoms with Crippen LogP contribution < -0.4 is 25.8 Å². The number of carbonyl (C=O) groups excluding carboxylic acids is 1. The SMILES string of the molecule is CCOC(=O)[C@H](CC(C)C)NP(=O)(OCC1(N=[N+]=[N-])O[C@@H](n2ccc(N)nc2=O)[C@H](O)[C@@H]1O)Oc1ccc(OC)cc1. The van der Waals surface area contributed by atoms with Crippen molar-refractivity contribution >= 4 is 19.5 Å². The zero-order valence-corrected chi connectivity index (χ0v) is 24.3. The van der Waals surface area contributed by atoms with Gasteiger partial charge in [-0.3, -0.25) is 13.9 Å². The Morgan fingerprint density at radius 1 is 1.31 bits per heavy atom.